The zero-order chi connectivity index (χ0) is 38.1. The number of aromatic nitrogens is 3. The third-order valence-corrected chi connectivity index (χ3v) is 13.6. The lowest BCUT2D eigenvalue weighted by atomic mass is 9.92. The van der Waals surface area contributed by atoms with E-state index >= 15 is 0 Å². The van der Waals surface area contributed by atoms with Crippen LogP contribution in [0.25, 0.3) is 136 Å². The van der Waals surface area contributed by atoms with Crippen molar-refractivity contribution in [3.8, 4) is 16.8 Å². The number of rotatable bonds is 2. The Labute approximate surface area is 336 Å². The van der Waals surface area contributed by atoms with Crippen molar-refractivity contribution in [2.75, 3.05) is 0 Å². The predicted molar refractivity (Wildman–Crippen MR) is 251 cm³/mol. The lowest BCUT2D eigenvalue weighted by Crippen LogP contribution is -1.93. The predicted octanol–water partition coefficient (Wildman–Crippen LogP) is 15.1. The molecule has 0 fully saturated rings. The van der Waals surface area contributed by atoms with Crippen molar-refractivity contribution in [2.45, 2.75) is 0 Å². The standard InChI is InChI=1S/C56H31N3/c1-2-15-35(16-3-1)57-45-23-10-9-20-39(45)42-31-34(25-26-47(42)57)50-36-17-6-4-13-32(36)29-43-44-30-33-14-5-7-18-37(33)52-53-49(59(55(43)50)56(44)52)28-27-48-51(53)41-22-12-21-40-38-19-8-11-24-46(38)58(48)54(40)41/h1-31H. The van der Waals surface area contributed by atoms with Crippen LogP contribution < -0.4 is 0 Å². The van der Waals surface area contributed by atoms with Crippen LogP contribution in [0.5, 0.6) is 0 Å². The molecule has 15 rings (SSSR count). The number of benzene rings is 10. The Kier molecular flexibility index (Phi) is 5.41. The van der Waals surface area contributed by atoms with E-state index in [9.17, 15) is 0 Å². The second kappa shape index (κ2) is 10.5. The number of fused-ring (bicyclic) bond motifs is 19. The van der Waals surface area contributed by atoms with Crippen LogP contribution in [0.2, 0.25) is 0 Å². The average Bonchev–Trinajstić information content (AvgIpc) is 4.08. The fourth-order valence-electron chi connectivity index (χ4n) is 11.4. The molecule has 0 unspecified atom stereocenters. The number of hydrogen-bond donors (Lipinski definition) is 0. The molecule has 0 bridgehead atoms. The highest BCUT2D eigenvalue weighted by Gasteiger charge is 2.27. The molecule has 0 aliphatic heterocycles. The molecule has 5 aromatic heterocycles. The van der Waals surface area contributed by atoms with E-state index in [1.807, 2.05) is 0 Å². The lowest BCUT2D eigenvalue weighted by molar-refractivity contribution is 1.18. The molecule has 3 nitrogen and oxygen atoms in total. The molecule has 59 heavy (non-hydrogen) atoms. The molecule has 0 amide bonds. The summed E-state index contributed by atoms with van der Waals surface area (Å²) in [5.41, 5.74) is 13.7. The molecule has 10 aromatic carbocycles. The number of para-hydroxylation sites is 4. The quantitative estimate of drug-likeness (QED) is 0.167. The van der Waals surface area contributed by atoms with Gasteiger partial charge in [-0.1, -0.05) is 127 Å². The van der Waals surface area contributed by atoms with Crippen LogP contribution in [0.1, 0.15) is 0 Å². The van der Waals surface area contributed by atoms with E-state index < -0.39 is 0 Å². The summed E-state index contributed by atoms with van der Waals surface area (Å²) in [6.07, 6.45) is 0. The Balaban J connectivity index is 1.17. The largest absolute Gasteiger partial charge is 0.309 e. The van der Waals surface area contributed by atoms with Gasteiger partial charge in [0.1, 0.15) is 0 Å². The summed E-state index contributed by atoms with van der Waals surface area (Å²) in [4.78, 5) is 0. The molecule has 0 radical (unpaired) electrons. The fourth-order valence-corrected chi connectivity index (χ4v) is 11.4. The van der Waals surface area contributed by atoms with Gasteiger partial charge >= 0.3 is 0 Å². The fraction of sp³-hybridized carbons (Fsp3) is 0. The minimum absolute atomic E-state index is 1.17. The average molecular weight is 746 g/mol. The molecule has 0 saturated carbocycles. The molecule has 270 valence electrons. The molecular formula is C56H31N3. The molecule has 3 heteroatoms. The summed E-state index contributed by atoms with van der Waals surface area (Å²) in [5.74, 6) is 0. The summed E-state index contributed by atoms with van der Waals surface area (Å²) in [7, 11) is 0. The van der Waals surface area contributed by atoms with Crippen LogP contribution in [0.4, 0.5) is 0 Å². The van der Waals surface area contributed by atoms with Gasteiger partial charge in [-0.05, 0) is 87.8 Å². The van der Waals surface area contributed by atoms with E-state index in [1.165, 1.54) is 136 Å². The summed E-state index contributed by atoms with van der Waals surface area (Å²) >= 11 is 0. The lowest BCUT2D eigenvalue weighted by Gasteiger charge is -2.13. The Bertz CT molecular complexity index is 4290. The zero-order valence-electron chi connectivity index (χ0n) is 31.7. The van der Waals surface area contributed by atoms with Crippen molar-refractivity contribution in [3.63, 3.8) is 0 Å². The summed E-state index contributed by atoms with van der Waals surface area (Å²) in [5, 5.41) is 18.1. The van der Waals surface area contributed by atoms with Crippen molar-refractivity contribution >= 4 is 120 Å². The van der Waals surface area contributed by atoms with Crippen molar-refractivity contribution in [1.29, 1.82) is 0 Å². The van der Waals surface area contributed by atoms with Crippen LogP contribution in [0.15, 0.2) is 188 Å². The van der Waals surface area contributed by atoms with Crippen molar-refractivity contribution in [1.82, 2.24) is 13.4 Å². The van der Waals surface area contributed by atoms with Crippen LogP contribution in [-0.2, 0) is 0 Å². The second-order valence-electron chi connectivity index (χ2n) is 16.4. The van der Waals surface area contributed by atoms with Gasteiger partial charge in [0, 0.05) is 65.1 Å². The van der Waals surface area contributed by atoms with Gasteiger partial charge in [-0.2, -0.15) is 0 Å². The molecule has 0 N–H and O–H groups in total. The topological polar surface area (TPSA) is 13.8 Å². The first-order valence-electron chi connectivity index (χ1n) is 20.5. The Morgan fingerprint density at radius 3 is 1.66 bits per heavy atom. The van der Waals surface area contributed by atoms with Crippen LogP contribution in [-0.4, -0.2) is 13.4 Å². The van der Waals surface area contributed by atoms with Gasteiger partial charge in [0.25, 0.3) is 0 Å². The summed E-state index contributed by atoms with van der Waals surface area (Å²) < 4.78 is 7.56. The molecule has 0 aliphatic carbocycles. The molecule has 5 heterocycles. The van der Waals surface area contributed by atoms with E-state index in [0.717, 1.165) is 0 Å². The van der Waals surface area contributed by atoms with Gasteiger partial charge in [0.15, 0.2) is 0 Å². The zero-order valence-corrected chi connectivity index (χ0v) is 31.7. The van der Waals surface area contributed by atoms with Crippen LogP contribution in [0.3, 0.4) is 0 Å². The number of nitrogens with zero attached hydrogens (tertiary/aromatic N) is 3. The maximum atomic E-state index is 2.63. The third kappa shape index (κ3) is 3.58. The first-order valence-corrected chi connectivity index (χ1v) is 20.5. The summed E-state index contributed by atoms with van der Waals surface area (Å²) in [6.45, 7) is 0. The van der Waals surface area contributed by atoms with Gasteiger partial charge < -0.3 is 13.4 Å². The minimum atomic E-state index is 1.17. The Morgan fingerprint density at radius 1 is 0.271 bits per heavy atom. The highest BCUT2D eigenvalue weighted by Crippen LogP contribution is 2.51. The highest BCUT2D eigenvalue weighted by molar-refractivity contribution is 6.40. The Hall–Kier alpha value is -7.88. The Morgan fingerprint density at radius 2 is 0.847 bits per heavy atom. The van der Waals surface area contributed by atoms with Crippen molar-refractivity contribution in [2.24, 2.45) is 0 Å². The smallest absolute Gasteiger partial charge is 0.0627 e. The summed E-state index contributed by atoms with van der Waals surface area (Å²) in [6, 6.07) is 70.2. The maximum Gasteiger partial charge on any atom is 0.0627 e. The molecule has 0 aliphatic rings. The molecular weight excluding hydrogens is 715 g/mol. The van der Waals surface area contributed by atoms with Gasteiger partial charge in [0.2, 0.25) is 0 Å². The van der Waals surface area contributed by atoms with E-state index in [-0.39, 0.29) is 0 Å². The van der Waals surface area contributed by atoms with Gasteiger partial charge in [-0.3, -0.25) is 0 Å². The SMILES string of the molecule is c1ccc(-n2c3ccccc3c3cc(-c4c5ccccc5cc5c6cc7ccccc7c7c8c9c%10cccc%11c%12ccccc%12n(c9ccc8n(c45)c67)c%11%10)ccc32)cc1. The number of hydrogen-bond acceptors (Lipinski definition) is 0. The van der Waals surface area contributed by atoms with E-state index in [1.54, 1.807) is 0 Å². The van der Waals surface area contributed by atoms with E-state index in [0.29, 0.717) is 0 Å². The third-order valence-electron chi connectivity index (χ3n) is 13.6. The van der Waals surface area contributed by atoms with Crippen LogP contribution in [0, 0.1) is 0 Å². The van der Waals surface area contributed by atoms with E-state index in [2.05, 4.69) is 201 Å². The van der Waals surface area contributed by atoms with Gasteiger partial charge in [-0.15, -0.1) is 0 Å². The maximum absolute atomic E-state index is 2.63. The second-order valence-corrected chi connectivity index (χ2v) is 16.4. The molecule has 0 spiro atoms. The van der Waals surface area contributed by atoms with Crippen molar-refractivity contribution < 1.29 is 0 Å². The van der Waals surface area contributed by atoms with Gasteiger partial charge in [-0.25, -0.2) is 0 Å². The first kappa shape index (κ1) is 30.3. The first-order chi connectivity index (χ1) is 29.3. The normalized spacial score (nSPS) is 12.7. The van der Waals surface area contributed by atoms with E-state index in [4.69, 9.17) is 0 Å². The molecule has 15 aromatic rings. The highest BCUT2D eigenvalue weighted by atomic mass is 15.0. The van der Waals surface area contributed by atoms with Crippen molar-refractivity contribution in [3.05, 3.63) is 188 Å². The minimum Gasteiger partial charge on any atom is -0.309 e. The molecule has 0 saturated heterocycles. The van der Waals surface area contributed by atoms with Gasteiger partial charge in [0.05, 0.1) is 44.1 Å². The van der Waals surface area contributed by atoms with Crippen LogP contribution >= 0.6 is 0 Å². The monoisotopic (exact) mass is 745 g/mol. The molecule has 0 atom stereocenters.